The van der Waals surface area contributed by atoms with Crippen molar-refractivity contribution in [3.8, 4) is 0 Å². The van der Waals surface area contributed by atoms with Crippen LogP contribution in [0.15, 0.2) is 42.5 Å². The summed E-state index contributed by atoms with van der Waals surface area (Å²) in [5.41, 5.74) is 4.37. The number of thiocarbonyl (C=S) groups is 1. The third-order valence-corrected chi connectivity index (χ3v) is 3.78. The molecule has 0 saturated carbocycles. The van der Waals surface area contributed by atoms with Crippen molar-refractivity contribution in [1.82, 2.24) is 5.32 Å². The molecule has 0 aliphatic rings. The Kier molecular flexibility index (Phi) is 5.90. The molecule has 4 heteroatoms. The first-order valence-electron chi connectivity index (χ1n) is 7.42. The SMILES string of the molecule is Cc1ccc(CCCNC(=S)Nc2ccccc2F)c(C)c1. The van der Waals surface area contributed by atoms with E-state index in [2.05, 4.69) is 42.7 Å². The van der Waals surface area contributed by atoms with Crippen LogP contribution in [0.25, 0.3) is 0 Å². The lowest BCUT2D eigenvalue weighted by Gasteiger charge is -2.11. The summed E-state index contributed by atoms with van der Waals surface area (Å²) in [4.78, 5) is 0. The fourth-order valence-electron chi connectivity index (χ4n) is 2.34. The van der Waals surface area contributed by atoms with Crippen molar-refractivity contribution < 1.29 is 4.39 Å². The largest absolute Gasteiger partial charge is 0.362 e. The second-order valence-corrected chi connectivity index (χ2v) is 5.80. The number of hydrogen-bond donors (Lipinski definition) is 2. The highest BCUT2D eigenvalue weighted by Crippen LogP contribution is 2.13. The minimum absolute atomic E-state index is 0.304. The van der Waals surface area contributed by atoms with Gasteiger partial charge in [-0.1, -0.05) is 35.9 Å². The van der Waals surface area contributed by atoms with Crippen molar-refractivity contribution in [3.63, 3.8) is 0 Å². The molecule has 2 N–H and O–H groups in total. The molecular formula is C18H21FN2S. The smallest absolute Gasteiger partial charge is 0.170 e. The van der Waals surface area contributed by atoms with Crippen LogP contribution < -0.4 is 10.6 Å². The molecule has 2 rings (SSSR count). The Morgan fingerprint density at radius 2 is 1.91 bits per heavy atom. The minimum Gasteiger partial charge on any atom is -0.362 e. The number of benzene rings is 2. The molecule has 2 aromatic rings. The fraction of sp³-hybridized carbons (Fsp3) is 0.278. The number of anilines is 1. The van der Waals surface area contributed by atoms with E-state index in [-0.39, 0.29) is 5.82 Å². The van der Waals surface area contributed by atoms with Crippen molar-refractivity contribution in [3.05, 3.63) is 65.0 Å². The molecule has 0 amide bonds. The summed E-state index contributed by atoms with van der Waals surface area (Å²) < 4.78 is 13.5. The third-order valence-electron chi connectivity index (χ3n) is 3.53. The summed E-state index contributed by atoms with van der Waals surface area (Å²) in [6, 6.07) is 13.0. The Labute approximate surface area is 136 Å². The highest BCUT2D eigenvalue weighted by atomic mass is 32.1. The Balaban J connectivity index is 1.74. The fourth-order valence-corrected chi connectivity index (χ4v) is 2.55. The molecule has 0 radical (unpaired) electrons. The Morgan fingerprint density at radius 1 is 1.14 bits per heavy atom. The van der Waals surface area contributed by atoms with E-state index >= 15 is 0 Å². The maximum atomic E-state index is 13.5. The molecule has 2 aromatic carbocycles. The van der Waals surface area contributed by atoms with Crippen LogP contribution in [-0.4, -0.2) is 11.7 Å². The molecule has 0 spiro atoms. The van der Waals surface area contributed by atoms with Gasteiger partial charge in [-0.3, -0.25) is 0 Å². The van der Waals surface area contributed by atoms with E-state index in [0.717, 1.165) is 19.4 Å². The van der Waals surface area contributed by atoms with Gasteiger partial charge in [-0.15, -0.1) is 0 Å². The highest BCUT2D eigenvalue weighted by molar-refractivity contribution is 7.80. The maximum Gasteiger partial charge on any atom is 0.170 e. The summed E-state index contributed by atoms with van der Waals surface area (Å²) in [7, 11) is 0. The molecule has 0 unspecified atom stereocenters. The summed E-state index contributed by atoms with van der Waals surface area (Å²) in [5.74, 6) is -0.304. The Morgan fingerprint density at radius 3 is 2.64 bits per heavy atom. The minimum atomic E-state index is -0.304. The van der Waals surface area contributed by atoms with Crippen LogP contribution in [-0.2, 0) is 6.42 Å². The van der Waals surface area contributed by atoms with Crippen molar-refractivity contribution in [2.75, 3.05) is 11.9 Å². The summed E-state index contributed by atoms with van der Waals surface area (Å²) >= 11 is 5.18. The molecule has 0 saturated heterocycles. The van der Waals surface area contributed by atoms with E-state index in [0.29, 0.717) is 10.8 Å². The molecule has 0 fully saturated rings. The topological polar surface area (TPSA) is 24.1 Å². The van der Waals surface area contributed by atoms with Crippen LogP contribution in [0.3, 0.4) is 0 Å². The number of rotatable bonds is 5. The van der Waals surface area contributed by atoms with Gasteiger partial charge in [-0.2, -0.15) is 0 Å². The van der Waals surface area contributed by atoms with Crippen LogP contribution in [0.4, 0.5) is 10.1 Å². The summed E-state index contributed by atoms with van der Waals surface area (Å²) in [5, 5.41) is 6.44. The van der Waals surface area contributed by atoms with E-state index in [1.165, 1.54) is 22.8 Å². The lowest BCUT2D eigenvalue weighted by Crippen LogP contribution is -2.29. The van der Waals surface area contributed by atoms with E-state index in [1.807, 2.05) is 0 Å². The van der Waals surface area contributed by atoms with Gasteiger partial charge < -0.3 is 10.6 Å². The van der Waals surface area contributed by atoms with E-state index in [9.17, 15) is 4.39 Å². The number of nitrogens with one attached hydrogen (secondary N) is 2. The molecular weight excluding hydrogens is 295 g/mol. The molecule has 116 valence electrons. The predicted molar refractivity (Wildman–Crippen MR) is 94.9 cm³/mol. The highest BCUT2D eigenvalue weighted by Gasteiger charge is 2.03. The molecule has 0 atom stereocenters. The molecule has 0 aromatic heterocycles. The second-order valence-electron chi connectivity index (χ2n) is 5.39. The summed E-state index contributed by atoms with van der Waals surface area (Å²) in [6.07, 6.45) is 1.98. The quantitative estimate of drug-likeness (QED) is 0.633. The summed E-state index contributed by atoms with van der Waals surface area (Å²) in [6.45, 7) is 5.00. The second kappa shape index (κ2) is 7.90. The normalized spacial score (nSPS) is 10.3. The van der Waals surface area contributed by atoms with Crippen LogP contribution in [0.1, 0.15) is 23.1 Å². The lowest BCUT2D eigenvalue weighted by atomic mass is 10.0. The van der Waals surface area contributed by atoms with Gasteiger partial charge >= 0.3 is 0 Å². The monoisotopic (exact) mass is 316 g/mol. The first kappa shape index (κ1) is 16.4. The molecule has 22 heavy (non-hydrogen) atoms. The van der Waals surface area contributed by atoms with E-state index in [1.54, 1.807) is 18.2 Å². The Bertz CT molecular complexity index is 655. The van der Waals surface area contributed by atoms with Gasteiger partial charge in [-0.25, -0.2) is 4.39 Å². The van der Waals surface area contributed by atoms with Gasteiger partial charge in [-0.05, 0) is 62.2 Å². The van der Waals surface area contributed by atoms with Crippen molar-refractivity contribution in [2.45, 2.75) is 26.7 Å². The average molecular weight is 316 g/mol. The van der Waals surface area contributed by atoms with Gasteiger partial charge in [0.15, 0.2) is 5.11 Å². The van der Waals surface area contributed by atoms with Crippen molar-refractivity contribution in [2.24, 2.45) is 0 Å². The van der Waals surface area contributed by atoms with Gasteiger partial charge in [0.25, 0.3) is 0 Å². The van der Waals surface area contributed by atoms with Crippen molar-refractivity contribution in [1.29, 1.82) is 0 Å². The van der Waals surface area contributed by atoms with Gasteiger partial charge in [0.1, 0.15) is 5.82 Å². The number of hydrogen-bond acceptors (Lipinski definition) is 1. The molecule has 0 heterocycles. The van der Waals surface area contributed by atoms with E-state index in [4.69, 9.17) is 12.2 Å². The third kappa shape index (κ3) is 4.81. The zero-order chi connectivity index (χ0) is 15.9. The lowest BCUT2D eigenvalue weighted by molar-refractivity contribution is 0.632. The zero-order valence-corrected chi connectivity index (χ0v) is 13.8. The van der Waals surface area contributed by atoms with Crippen molar-refractivity contribution >= 4 is 23.0 Å². The van der Waals surface area contributed by atoms with Gasteiger partial charge in [0.05, 0.1) is 5.69 Å². The average Bonchev–Trinajstić information content (AvgIpc) is 2.48. The van der Waals surface area contributed by atoms with Crippen LogP contribution in [0.2, 0.25) is 0 Å². The molecule has 2 nitrogen and oxygen atoms in total. The number of aryl methyl sites for hydroxylation is 3. The number of para-hydroxylation sites is 1. The van der Waals surface area contributed by atoms with Gasteiger partial charge in [0.2, 0.25) is 0 Å². The van der Waals surface area contributed by atoms with E-state index < -0.39 is 0 Å². The maximum absolute atomic E-state index is 13.5. The first-order chi connectivity index (χ1) is 10.6. The molecule has 0 bridgehead atoms. The van der Waals surface area contributed by atoms with Gasteiger partial charge in [0, 0.05) is 6.54 Å². The van der Waals surface area contributed by atoms with Crippen LogP contribution in [0, 0.1) is 19.7 Å². The molecule has 0 aliphatic carbocycles. The predicted octanol–water partition coefficient (Wildman–Crippen LogP) is 4.36. The molecule has 0 aliphatic heterocycles. The standard InChI is InChI=1S/C18H21FN2S/c1-13-9-10-15(14(2)12-13)6-5-11-20-18(22)21-17-8-4-3-7-16(17)19/h3-4,7-10,12H,5-6,11H2,1-2H3,(H2,20,21,22). The first-order valence-corrected chi connectivity index (χ1v) is 7.82. The number of halogens is 1. The van der Waals surface area contributed by atoms with Crippen LogP contribution >= 0.6 is 12.2 Å². The zero-order valence-electron chi connectivity index (χ0n) is 12.9. The Hall–Kier alpha value is -1.94. The van der Waals surface area contributed by atoms with Crippen LogP contribution in [0.5, 0.6) is 0 Å².